The van der Waals surface area contributed by atoms with Gasteiger partial charge >= 0.3 is 0 Å². The molecule has 2 heterocycles. The lowest BCUT2D eigenvalue weighted by atomic mass is 10.2. The van der Waals surface area contributed by atoms with Gasteiger partial charge in [-0.1, -0.05) is 18.9 Å². The SMILES string of the molecule is Cc1ccc2nc(NC(=O)c3ccc(F)c(F)c3)c(C(=O)NC3CCCC3)n2c1. The second kappa shape index (κ2) is 7.62. The quantitative estimate of drug-likeness (QED) is 0.701. The van der Waals surface area contributed by atoms with E-state index in [-0.39, 0.29) is 29.0 Å². The number of hydrogen-bond acceptors (Lipinski definition) is 3. The second-order valence-electron chi connectivity index (χ2n) is 7.28. The highest BCUT2D eigenvalue weighted by atomic mass is 19.2. The highest BCUT2D eigenvalue weighted by molar-refractivity contribution is 6.08. The van der Waals surface area contributed by atoms with Crippen LogP contribution in [0.1, 0.15) is 52.1 Å². The number of hydrogen-bond donors (Lipinski definition) is 2. The summed E-state index contributed by atoms with van der Waals surface area (Å²) in [5.74, 6) is -3.11. The summed E-state index contributed by atoms with van der Waals surface area (Å²) in [6, 6.07) is 6.55. The highest BCUT2D eigenvalue weighted by Crippen LogP contribution is 2.23. The van der Waals surface area contributed by atoms with E-state index in [2.05, 4.69) is 15.6 Å². The standard InChI is InChI=1S/C21H20F2N4O2/c1-12-6-9-17-25-19(26-20(28)13-7-8-15(22)16(23)10-13)18(27(17)11-12)21(29)24-14-4-2-3-5-14/h6-11,14H,2-5H2,1H3,(H,24,29)(H,26,28). The van der Waals surface area contributed by atoms with Gasteiger partial charge in [0.2, 0.25) is 0 Å². The third-order valence-corrected chi connectivity index (χ3v) is 5.09. The molecule has 0 unspecified atom stereocenters. The molecule has 2 N–H and O–H groups in total. The van der Waals surface area contributed by atoms with E-state index in [0.717, 1.165) is 43.4 Å². The minimum Gasteiger partial charge on any atom is -0.348 e. The van der Waals surface area contributed by atoms with E-state index < -0.39 is 17.5 Å². The van der Waals surface area contributed by atoms with E-state index in [1.165, 1.54) is 6.07 Å². The van der Waals surface area contributed by atoms with E-state index in [9.17, 15) is 18.4 Å². The van der Waals surface area contributed by atoms with Crippen molar-refractivity contribution >= 4 is 23.3 Å². The number of imidazole rings is 1. The Balaban J connectivity index is 1.69. The Morgan fingerprint density at radius 3 is 2.55 bits per heavy atom. The van der Waals surface area contributed by atoms with Crippen LogP contribution in [0.5, 0.6) is 0 Å². The van der Waals surface area contributed by atoms with E-state index in [4.69, 9.17) is 0 Å². The number of aromatic nitrogens is 2. The van der Waals surface area contributed by atoms with Gasteiger partial charge in [0, 0.05) is 17.8 Å². The van der Waals surface area contributed by atoms with Crippen molar-refractivity contribution in [1.82, 2.24) is 14.7 Å². The summed E-state index contributed by atoms with van der Waals surface area (Å²) < 4.78 is 28.3. The molecule has 0 spiro atoms. The van der Waals surface area contributed by atoms with Crippen molar-refractivity contribution in [1.29, 1.82) is 0 Å². The van der Waals surface area contributed by atoms with Gasteiger partial charge in [-0.25, -0.2) is 13.8 Å². The van der Waals surface area contributed by atoms with E-state index in [1.54, 1.807) is 16.7 Å². The number of anilines is 1. The molecule has 150 valence electrons. The minimum atomic E-state index is -1.12. The van der Waals surface area contributed by atoms with Crippen LogP contribution in [0.2, 0.25) is 0 Å². The summed E-state index contributed by atoms with van der Waals surface area (Å²) in [4.78, 5) is 29.9. The molecule has 2 amide bonds. The summed E-state index contributed by atoms with van der Waals surface area (Å²) >= 11 is 0. The molecular weight excluding hydrogens is 378 g/mol. The van der Waals surface area contributed by atoms with Crippen LogP contribution in [-0.2, 0) is 0 Å². The number of aryl methyl sites for hydroxylation is 1. The van der Waals surface area contributed by atoms with Crippen molar-refractivity contribution in [3.63, 3.8) is 0 Å². The number of fused-ring (bicyclic) bond motifs is 1. The van der Waals surface area contributed by atoms with E-state index >= 15 is 0 Å². The molecular formula is C21H20F2N4O2. The first-order valence-corrected chi connectivity index (χ1v) is 9.48. The summed E-state index contributed by atoms with van der Waals surface area (Å²) in [5.41, 5.74) is 1.54. The first kappa shape index (κ1) is 19.0. The van der Waals surface area contributed by atoms with Crippen LogP contribution in [0.4, 0.5) is 14.6 Å². The van der Waals surface area contributed by atoms with Gasteiger partial charge < -0.3 is 10.6 Å². The number of benzene rings is 1. The van der Waals surface area contributed by atoms with Gasteiger partial charge in [-0.2, -0.15) is 0 Å². The monoisotopic (exact) mass is 398 g/mol. The van der Waals surface area contributed by atoms with Gasteiger partial charge in [0.25, 0.3) is 11.8 Å². The molecule has 3 aromatic rings. The normalized spacial score (nSPS) is 14.3. The smallest absolute Gasteiger partial charge is 0.272 e. The summed E-state index contributed by atoms with van der Waals surface area (Å²) in [5, 5.41) is 5.57. The van der Waals surface area contributed by atoms with Gasteiger partial charge in [0.1, 0.15) is 5.65 Å². The fourth-order valence-electron chi connectivity index (χ4n) is 3.60. The molecule has 0 radical (unpaired) electrons. The molecule has 8 heteroatoms. The Hall–Kier alpha value is -3.29. The topological polar surface area (TPSA) is 75.5 Å². The zero-order valence-electron chi connectivity index (χ0n) is 15.8. The van der Waals surface area contributed by atoms with Crippen LogP contribution in [0.3, 0.4) is 0 Å². The van der Waals surface area contributed by atoms with Crippen molar-refractivity contribution in [2.45, 2.75) is 38.6 Å². The molecule has 1 aromatic carbocycles. The maximum Gasteiger partial charge on any atom is 0.272 e. The van der Waals surface area contributed by atoms with Gasteiger partial charge in [0.05, 0.1) is 0 Å². The molecule has 0 atom stereocenters. The molecule has 0 aliphatic heterocycles. The number of nitrogens with one attached hydrogen (secondary N) is 2. The zero-order valence-corrected chi connectivity index (χ0v) is 15.8. The number of amides is 2. The largest absolute Gasteiger partial charge is 0.348 e. The summed E-state index contributed by atoms with van der Waals surface area (Å²) in [6.07, 6.45) is 5.73. The van der Waals surface area contributed by atoms with Gasteiger partial charge in [-0.3, -0.25) is 14.0 Å². The van der Waals surface area contributed by atoms with Crippen molar-refractivity contribution < 1.29 is 18.4 Å². The summed E-state index contributed by atoms with van der Waals surface area (Å²) in [7, 11) is 0. The first-order valence-electron chi connectivity index (χ1n) is 9.48. The number of carbonyl (C=O) groups excluding carboxylic acids is 2. The summed E-state index contributed by atoms with van der Waals surface area (Å²) in [6.45, 7) is 1.89. The molecule has 2 aromatic heterocycles. The van der Waals surface area contributed by atoms with Crippen LogP contribution in [0.15, 0.2) is 36.5 Å². The Morgan fingerprint density at radius 1 is 1.07 bits per heavy atom. The number of rotatable bonds is 4. The third kappa shape index (κ3) is 3.83. The highest BCUT2D eigenvalue weighted by Gasteiger charge is 2.25. The van der Waals surface area contributed by atoms with Gasteiger partial charge in [-0.05, 0) is 49.6 Å². The predicted molar refractivity (Wildman–Crippen MR) is 104 cm³/mol. The molecule has 4 rings (SSSR count). The van der Waals surface area contributed by atoms with Crippen LogP contribution in [-0.4, -0.2) is 27.2 Å². The number of carbonyl (C=O) groups is 2. The molecule has 1 aliphatic rings. The molecule has 1 fully saturated rings. The average molecular weight is 398 g/mol. The zero-order chi connectivity index (χ0) is 20.5. The van der Waals surface area contributed by atoms with Crippen molar-refractivity contribution in [2.75, 3.05) is 5.32 Å². The lowest BCUT2D eigenvalue weighted by Crippen LogP contribution is -2.34. The van der Waals surface area contributed by atoms with E-state index in [0.29, 0.717) is 5.65 Å². The molecule has 1 saturated carbocycles. The Bertz CT molecular complexity index is 1100. The van der Waals surface area contributed by atoms with Crippen molar-refractivity contribution in [2.24, 2.45) is 0 Å². The molecule has 1 aliphatic carbocycles. The van der Waals surface area contributed by atoms with Crippen molar-refractivity contribution in [3.8, 4) is 0 Å². The third-order valence-electron chi connectivity index (χ3n) is 5.09. The Labute approximate surface area is 165 Å². The van der Waals surface area contributed by atoms with Crippen LogP contribution in [0, 0.1) is 18.6 Å². The first-order chi connectivity index (χ1) is 13.9. The number of pyridine rings is 1. The number of halogens is 2. The lowest BCUT2D eigenvalue weighted by Gasteiger charge is -2.13. The molecule has 0 bridgehead atoms. The lowest BCUT2D eigenvalue weighted by molar-refractivity contribution is 0.0933. The predicted octanol–water partition coefficient (Wildman–Crippen LogP) is 3.85. The van der Waals surface area contributed by atoms with Crippen molar-refractivity contribution in [3.05, 3.63) is 65.0 Å². The maximum atomic E-state index is 13.5. The van der Waals surface area contributed by atoms with Gasteiger partial charge in [-0.15, -0.1) is 0 Å². The Kier molecular flexibility index (Phi) is 5.00. The number of nitrogens with zero attached hydrogens (tertiary/aromatic N) is 2. The minimum absolute atomic E-state index is 0.0701. The van der Waals surface area contributed by atoms with Crippen LogP contribution >= 0.6 is 0 Å². The maximum absolute atomic E-state index is 13.5. The molecule has 0 saturated heterocycles. The second-order valence-corrected chi connectivity index (χ2v) is 7.28. The molecule has 29 heavy (non-hydrogen) atoms. The fourth-order valence-corrected chi connectivity index (χ4v) is 3.60. The van der Waals surface area contributed by atoms with E-state index in [1.807, 2.05) is 13.0 Å². The van der Waals surface area contributed by atoms with Gasteiger partial charge in [0.15, 0.2) is 23.1 Å². The Morgan fingerprint density at radius 2 is 1.83 bits per heavy atom. The fraction of sp³-hybridized carbons (Fsp3) is 0.286. The van der Waals surface area contributed by atoms with Crippen LogP contribution < -0.4 is 10.6 Å². The average Bonchev–Trinajstić information content (AvgIpc) is 3.30. The molecule has 6 nitrogen and oxygen atoms in total. The van der Waals surface area contributed by atoms with Crippen LogP contribution in [0.25, 0.3) is 5.65 Å².